The zero-order chi connectivity index (χ0) is 79.1. The molecular formula is C99H95Ir3N9OSSi3-6. The van der Waals surface area contributed by atoms with E-state index in [0.717, 1.165) is 73.7 Å². The van der Waals surface area contributed by atoms with Crippen LogP contribution in [-0.4, -0.2) is 79.2 Å². The molecule has 3 radical (unpaired) electrons. The molecule has 0 spiro atoms. The number of fused-ring (bicyclic) bond motifs is 9. The van der Waals surface area contributed by atoms with E-state index in [1.54, 1.807) is 12.4 Å². The van der Waals surface area contributed by atoms with Gasteiger partial charge in [-0.2, -0.15) is 0 Å². The molecule has 4 atom stereocenters. The topological polar surface area (TPSA) is 101 Å². The minimum absolute atomic E-state index is 0. The molecule has 10 nitrogen and oxygen atoms in total. The summed E-state index contributed by atoms with van der Waals surface area (Å²) < 4.78 is 12.0. The third-order valence-electron chi connectivity index (χ3n) is 20.8. The van der Waals surface area contributed by atoms with Gasteiger partial charge in [-0.25, -0.2) is 0 Å². The third kappa shape index (κ3) is 20.6. The van der Waals surface area contributed by atoms with Gasteiger partial charge in [-0.3, -0.25) is 15.0 Å². The Kier molecular flexibility index (Phi) is 28.9. The Bertz CT molecular complexity index is 5620. The Balaban J connectivity index is 0.000000137. The maximum absolute atomic E-state index is 5.99. The van der Waals surface area contributed by atoms with Crippen molar-refractivity contribution in [2.75, 3.05) is 0 Å². The van der Waals surface area contributed by atoms with Crippen molar-refractivity contribution in [1.82, 2.24) is 43.6 Å². The molecule has 2 aliphatic heterocycles. The Labute approximate surface area is 733 Å². The van der Waals surface area contributed by atoms with E-state index in [0.29, 0.717) is 17.1 Å². The number of aromatic nitrogens is 9. The molecule has 0 saturated carbocycles. The Hall–Kier alpha value is -9.45. The summed E-state index contributed by atoms with van der Waals surface area (Å²) in [5.74, 6) is 4.62. The zero-order valence-corrected chi connectivity index (χ0v) is 79.2. The molecule has 6 aromatic heterocycles. The Morgan fingerprint density at radius 3 is 1.13 bits per heavy atom. The van der Waals surface area contributed by atoms with Crippen molar-refractivity contribution in [2.45, 2.75) is 108 Å². The largest absolute Gasteiger partial charge is 0.505 e. The molecule has 4 unspecified atom stereocenters. The Morgan fingerprint density at radius 2 is 0.733 bits per heavy atom. The van der Waals surface area contributed by atoms with Gasteiger partial charge >= 0.3 is 0 Å². The molecule has 116 heavy (non-hydrogen) atoms. The van der Waals surface area contributed by atoms with E-state index in [1.165, 1.54) is 80.6 Å². The van der Waals surface area contributed by atoms with Crippen LogP contribution in [0, 0.1) is 57.2 Å². The maximum atomic E-state index is 5.99. The number of hydrogen-bond donors (Lipinski definition) is 0. The number of thioether (sulfide) groups is 1. The van der Waals surface area contributed by atoms with Crippen molar-refractivity contribution in [3.05, 3.63) is 345 Å². The summed E-state index contributed by atoms with van der Waals surface area (Å²) in [6.07, 6.45) is 34.8. The van der Waals surface area contributed by atoms with Crippen LogP contribution in [0.15, 0.2) is 285 Å². The number of hydrogen-bond acceptors (Lipinski definition) is 8. The average Bonchev–Trinajstić information content (AvgIpc) is 1.62. The molecule has 17 heteroatoms. The van der Waals surface area contributed by atoms with E-state index in [9.17, 15) is 0 Å². The molecule has 15 aromatic rings. The summed E-state index contributed by atoms with van der Waals surface area (Å²) >= 11 is 1.94. The van der Waals surface area contributed by atoms with E-state index in [4.69, 9.17) is 4.74 Å². The molecular weight excluding hydrogens is 2020 g/mol. The van der Waals surface area contributed by atoms with Crippen LogP contribution in [0.1, 0.15) is 39.7 Å². The molecule has 0 N–H and O–H groups in total. The molecule has 19 rings (SSSR count). The van der Waals surface area contributed by atoms with Crippen molar-refractivity contribution in [1.29, 1.82) is 0 Å². The van der Waals surface area contributed by atoms with E-state index in [2.05, 4.69) is 328 Å². The maximum Gasteiger partial charge on any atom is 0.117 e. The van der Waals surface area contributed by atoms with Crippen molar-refractivity contribution in [3.8, 4) is 73.7 Å². The molecule has 9 aromatic carbocycles. The number of rotatable bonds is 9. The molecule has 0 amide bonds. The van der Waals surface area contributed by atoms with Crippen LogP contribution in [0.4, 0.5) is 0 Å². The predicted molar refractivity (Wildman–Crippen MR) is 480 cm³/mol. The second-order valence-electron chi connectivity index (χ2n) is 32.3. The number of imidazole rings is 3. The van der Waals surface area contributed by atoms with Gasteiger partial charge in [0.1, 0.15) is 6.10 Å². The second kappa shape index (κ2) is 38.3. The van der Waals surface area contributed by atoms with Crippen molar-refractivity contribution in [2.24, 2.45) is 21.1 Å². The Morgan fingerprint density at radius 1 is 0.362 bits per heavy atom. The van der Waals surface area contributed by atoms with E-state index in [1.807, 2.05) is 132 Å². The van der Waals surface area contributed by atoms with Crippen LogP contribution < -0.4 is 20.3 Å². The number of ether oxygens (including phenoxy) is 1. The number of nitrogens with zero attached hydrogens (tertiary/aromatic N) is 9. The minimum Gasteiger partial charge on any atom is -0.505 e. The van der Waals surface area contributed by atoms with Gasteiger partial charge < -0.3 is 33.4 Å². The van der Waals surface area contributed by atoms with Crippen LogP contribution >= 0.6 is 11.8 Å². The zero-order valence-electron chi connectivity index (χ0n) is 68.2. The van der Waals surface area contributed by atoms with E-state index >= 15 is 0 Å². The van der Waals surface area contributed by atoms with Crippen LogP contribution in [0.2, 0.25) is 58.9 Å². The van der Waals surface area contributed by atoms with Crippen LogP contribution in [0.25, 0.3) is 100 Å². The summed E-state index contributed by atoms with van der Waals surface area (Å²) in [6.45, 7) is 27.8. The van der Waals surface area contributed by atoms with E-state index in [-0.39, 0.29) is 66.4 Å². The summed E-state index contributed by atoms with van der Waals surface area (Å²) in [4.78, 5) is 28.4. The van der Waals surface area contributed by atoms with Gasteiger partial charge in [0, 0.05) is 154 Å². The smallest absolute Gasteiger partial charge is 0.117 e. The monoisotopic (exact) mass is 2120 g/mol. The van der Waals surface area contributed by atoms with Crippen molar-refractivity contribution < 1.29 is 65.1 Å². The molecule has 0 fully saturated rings. The van der Waals surface area contributed by atoms with Crippen molar-refractivity contribution in [3.63, 3.8) is 0 Å². The summed E-state index contributed by atoms with van der Waals surface area (Å²) in [7, 11) is 2.02. The van der Waals surface area contributed by atoms with Gasteiger partial charge in [0.2, 0.25) is 0 Å². The average molecular weight is 2120 g/mol. The number of pyridine rings is 3. The van der Waals surface area contributed by atoms with Gasteiger partial charge in [0.05, 0.1) is 41.7 Å². The van der Waals surface area contributed by atoms with Crippen LogP contribution in [0.5, 0.6) is 5.75 Å². The predicted octanol–water partition coefficient (Wildman–Crippen LogP) is 22.0. The van der Waals surface area contributed by atoms with Crippen LogP contribution in [0.3, 0.4) is 0 Å². The third-order valence-corrected chi connectivity index (χ3v) is 28.6. The van der Waals surface area contributed by atoms with E-state index < -0.39 is 24.2 Å². The fourth-order valence-electron chi connectivity index (χ4n) is 14.9. The van der Waals surface area contributed by atoms with Crippen molar-refractivity contribution >= 4 is 83.9 Å². The molecule has 8 heterocycles. The van der Waals surface area contributed by atoms with Crippen LogP contribution in [-0.2, 0) is 81.5 Å². The second-order valence-corrected chi connectivity index (χ2v) is 48.6. The number of allylic oxidation sites excluding steroid dienone is 5. The van der Waals surface area contributed by atoms with Gasteiger partial charge in [-0.15, -0.1) is 182 Å². The first-order valence-electron chi connectivity index (χ1n) is 38.6. The molecule has 4 aliphatic rings. The first kappa shape index (κ1) is 87.4. The SMILES string of the molecule is Cc1cc(-c2[c-]cc3ccccc3c2)ncc1[Si](C)(C)C.Cc1cc(-c2[c-]cc3ccccc3c2)ncc1[Si](C)(C)C.Cc1cc(-c2[c-]cc3ccccc3c2)ncc1[Si](C)(C)C.Cn1ccnc1-c1[c-]cc2c(c1)OC1C=CC=CC21.Cn1ccnc1-c1[c-]cc2c(c1)SC1C=CC=CC21.Cn1ccnc1-c1[c-]cccc1.[Ir].[Ir].[Ir]. The molecule has 2 aliphatic carbocycles. The van der Waals surface area contributed by atoms with Gasteiger partial charge in [-0.05, 0) is 65.4 Å². The molecule has 0 saturated heterocycles. The first-order valence-corrected chi connectivity index (χ1v) is 49.9. The summed E-state index contributed by atoms with van der Waals surface area (Å²) in [5, 5.41) is 12.2. The molecule has 593 valence electrons. The standard InChI is InChI=1S/3C19H20NSi.C16H13N2O.C16H13N2S.C10H9N2.3Ir/c3*1-14-11-18(20-13-19(14)21(2,3)4)17-10-9-15-7-5-6-8-16(15)12-17;2*1-18-9-8-17-16(18)11-6-7-13-12-4-2-3-5-14(12)19-15(13)10-11;1-12-8-7-11-10(12)9-5-3-2-4-6-9;;;/h3*5-9,11-13H,1-4H3;2*2-5,7-10,12,14H,1H3;2-5,7-8H,1H3;;;/q6*-1;;;. The molecule has 0 bridgehead atoms. The normalized spacial score (nSPS) is 15.1. The summed E-state index contributed by atoms with van der Waals surface area (Å²) in [5.41, 5.74) is 16.0. The number of aryl methyl sites for hydroxylation is 6. The fourth-order valence-corrected chi connectivity index (χ4v) is 21.4. The minimum atomic E-state index is -1.32. The van der Waals surface area contributed by atoms with Gasteiger partial charge in [0.15, 0.2) is 0 Å². The van der Waals surface area contributed by atoms with Gasteiger partial charge in [0.25, 0.3) is 0 Å². The number of benzene rings is 9. The fraction of sp³-hybridized carbons (Fsp3) is 0.192. The van der Waals surface area contributed by atoms with Gasteiger partial charge in [-0.1, -0.05) is 242 Å². The first-order chi connectivity index (χ1) is 54.4. The summed E-state index contributed by atoms with van der Waals surface area (Å²) in [6, 6.07) is 80.6. The quantitative estimate of drug-likeness (QED) is 0.104.